The van der Waals surface area contributed by atoms with Crippen molar-refractivity contribution in [3.05, 3.63) is 28.3 Å². The maximum atomic E-state index is 8.84. The number of nitrogens with zero attached hydrogens (tertiary/aromatic N) is 5. The van der Waals surface area contributed by atoms with E-state index in [0.717, 1.165) is 14.6 Å². The molecule has 2 rings (SSSR count). The summed E-state index contributed by atoms with van der Waals surface area (Å²) in [5.74, 6) is 1.32. The SMILES string of the molecule is CN(C#N)c1cc(N(C)c2ccc(Br)s2)ncn1. The normalized spacial score (nSPS) is 9.89. The molecule has 0 atom stereocenters. The molecule has 18 heavy (non-hydrogen) atoms. The van der Waals surface area contributed by atoms with Gasteiger partial charge in [-0.3, -0.25) is 4.90 Å². The summed E-state index contributed by atoms with van der Waals surface area (Å²) >= 11 is 5.04. The summed E-state index contributed by atoms with van der Waals surface area (Å²) in [6.45, 7) is 0. The van der Waals surface area contributed by atoms with Crippen LogP contribution in [0.15, 0.2) is 28.3 Å². The maximum absolute atomic E-state index is 8.84. The summed E-state index contributed by atoms with van der Waals surface area (Å²) in [7, 11) is 3.59. The topological polar surface area (TPSA) is 56.1 Å². The van der Waals surface area contributed by atoms with Crippen LogP contribution in [-0.2, 0) is 0 Å². The summed E-state index contributed by atoms with van der Waals surface area (Å²) in [5, 5.41) is 9.90. The third-order valence-electron chi connectivity index (χ3n) is 2.37. The van der Waals surface area contributed by atoms with Crippen LogP contribution in [-0.4, -0.2) is 24.1 Å². The molecule has 0 fully saturated rings. The monoisotopic (exact) mass is 323 g/mol. The fourth-order valence-corrected chi connectivity index (χ4v) is 2.69. The van der Waals surface area contributed by atoms with E-state index in [4.69, 9.17) is 5.26 Å². The maximum Gasteiger partial charge on any atom is 0.185 e. The lowest BCUT2D eigenvalue weighted by Gasteiger charge is -2.17. The molecule has 0 unspecified atom stereocenters. The highest BCUT2D eigenvalue weighted by molar-refractivity contribution is 9.11. The predicted octanol–water partition coefficient (Wildman–Crippen LogP) is 2.99. The van der Waals surface area contributed by atoms with Gasteiger partial charge in [0.1, 0.15) is 18.0 Å². The molecule has 0 aliphatic heterocycles. The number of hydrogen-bond acceptors (Lipinski definition) is 6. The molecule has 7 heteroatoms. The van der Waals surface area contributed by atoms with Crippen LogP contribution in [0.25, 0.3) is 0 Å². The lowest BCUT2D eigenvalue weighted by atomic mass is 10.4. The Kier molecular flexibility index (Phi) is 3.79. The second-order valence-electron chi connectivity index (χ2n) is 3.53. The van der Waals surface area contributed by atoms with Gasteiger partial charge in [-0.15, -0.1) is 11.3 Å². The standard InChI is InChI=1S/C11H10BrN5S/c1-16(6-13)9-5-10(15-7-14-9)17(2)11-4-3-8(12)18-11/h3-5,7H,1-2H3. The molecule has 0 aliphatic rings. The number of hydrogen-bond donors (Lipinski definition) is 0. The first kappa shape index (κ1) is 12.8. The Balaban J connectivity index is 2.31. The minimum absolute atomic E-state index is 0.574. The first-order chi connectivity index (χ1) is 8.61. The van der Waals surface area contributed by atoms with E-state index in [0.29, 0.717) is 5.82 Å². The molecular weight excluding hydrogens is 314 g/mol. The fourth-order valence-electron chi connectivity index (χ4n) is 1.35. The number of thiophene rings is 1. The van der Waals surface area contributed by atoms with Gasteiger partial charge in [0.2, 0.25) is 0 Å². The molecule has 0 saturated carbocycles. The molecule has 5 nitrogen and oxygen atoms in total. The fraction of sp³-hybridized carbons (Fsp3) is 0.182. The summed E-state index contributed by atoms with van der Waals surface area (Å²) in [6.07, 6.45) is 3.47. The zero-order valence-electron chi connectivity index (χ0n) is 9.83. The van der Waals surface area contributed by atoms with Crippen LogP contribution in [0, 0.1) is 11.5 Å². The van der Waals surface area contributed by atoms with Gasteiger partial charge in [-0.2, -0.15) is 5.26 Å². The first-order valence-electron chi connectivity index (χ1n) is 5.06. The van der Waals surface area contributed by atoms with E-state index in [1.807, 2.05) is 30.3 Å². The van der Waals surface area contributed by atoms with Gasteiger partial charge >= 0.3 is 0 Å². The summed E-state index contributed by atoms with van der Waals surface area (Å²) in [4.78, 5) is 11.6. The van der Waals surface area contributed by atoms with Crippen LogP contribution in [0.3, 0.4) is 0 Å². The Bertz CT molecular complexity index is 591. The third-order valence-corrected chi connectivity index (χ3v) is 4.07. The van der Waals surface area contributed by atoms with Gasteiger partial charge in [-0.1, -0.05) is 0 Å². The molecule has 0 bridgehead atoms. The van der Waals surface area contributed by atoms with E-state index in [1.54, 1.807) is 24.5 Å². The molecule has 2 aromatic heterocycles. The molecule has 0 spiro atoms. The van der Waals surface area contributed by atoms with Gasteiger partial charge in [0.05, 0.1) is 8.79 Å². The molecule has 0 aliphatic carbocycles. The van der Waals surface area contributed by atoms with Crippen LogP contribution in [0.4, 0.5) is 16.6 Å². The molecule has 2 aromatic rings. The van der Waals surface area contributed by atoms with Crippen molar-refractivity contribution in [1.82, 2.24) is 9.97 Å². The van der Waals surface area contributed by atoms with Crippen molar-refractivity contribution in [2.75, 3.05) is 23.9 Å². The minimum atomic E-state index is 0.574. The van der Waals surface area contributed by atoms with Gasteiger partial charge in [0.15, 0.2) is 6.19 Å². The molecule has 0 aromatic carbocycles. The van der Waals surface area contributed by atoms with Crippen LogP contribution < -0.4 is 9.80 Å². The number of nitriles is 1. The summed E-state index contributed by atoms with van der Waals surface area (Å²) in [5.41, 5.74) is 0. The van der Waals surface area contributed by atoms with E-state index < -0.39 is 0 Å². The Morgan fingerprint density at radius 2 is 2.00 bits per heavy atom. The summed E-state index contributed by atoms with van der Waals surface area (Å²) in [6, 6.07) is 5.77. The minimum Gasteiger partial charge on any atom is -0.321 e. The van der Waals surface area contributed by atoms with Gasteiger partial charge in [-0.05, 0) is 28.1 Å². The molecule has 2 heterocycles. The number of anilines is 3. The van der Waals surface area contributed by atoms with E-state index in [2.05, 4.69) is 25.9 Å². The lowest BCUT2D eigenvalue weighted by molar-refractivity contribution is 1.05. The number of rotatable bonds is 3. The largest absolute Gasteiger partial charge is 0.321 e. The molecule has 0 saturated heterocycles. The molecular formula is C11H10BrN5S. The van der Waals surface area contributed by atoms with Crippen molar-refractivity contribution in [1.29, 1.82) is 5.26 Å². The van der Waals surface area contributed by atoms with Gasteiger partial charge in [0.25, 0.3) is 0 Å². The van der Waals surface area contributed by atoms with Gasteiger partial charge < -0.3 is 4.90 Å². The first-order valence-corrected chi connectivity index (χ1v) is 6.67. The van der Waals surface area contributed by atoms with Crippen LogP contribution in [0.1, 0.15) is 0 Å². The molecule has 0 radical (unpaired) electrons. The van der Waals surface area contributed by atoms with Crippen molar-refractivity contribution in [2.45, 2.75) is 0 Å². The molecule has 0 amide bonds. The number of aromatic nitrogens is 2. The van der Waals surface area contributed by atoms with Crippen molar-refractivity contribution < 1.29 is 0 Å². The smallest absolute Gasteiger partial charge is 0.185 e. The van der Waals surface area contributed by atoms with E-state index in [-0.39, 0.29) is 0 Å². The second kappa shape index (κ2) is 5.33. The van der Waals surface area contributed by atoms with E-state index in [9.17, 15) is 0 Å². The van der Waals surface area contributed by atoms with Crippen LogP contribution in [0.5, 0.6) is 0 Å². The van der Waals surface area contributed by atoms with Crippen molar-refractivity contribution >= 4 is 43.9 Å². The Hall–Kier alpha value is -1.65. The van der Waals surface area contributed by atoms with Gasteiger partial charge in [-0.25, -0.2) is 9.97 Å². The predicted molar refractivity (Wildman–Crippen MR) is 76.1 cm³/mol. The highest BCUT2D eigenvalue weighted by atomic mass is 79.9. The van der Waals surface area contributed by atoms with E-state index >= 15 is 0 Å². The highest BCUT2D eigenvalue weighted by Crippen LogP contribution is 2.33. The molecule has 92 valence electrons. The van der Waals surface area contributed by atoms with E-state index in [1.165, 1.54) is 11.2 Å². The Labute approximate surface area is 117 Å². The average Bonchev–Trinajstić information content (AvgIpc) is 2.83. The lowest BCUT2D eigenvalue weighted by Crippen LogP contribution is -2.14. The van der Waals surface area contributed by atoms with Crippen molar-refractivity contribution in [2.24, 2.45) is 0 Å². The van der Waals surface area contributed by atoms with Crippen LogP contribution in [0.2, 0.25) is 0 Å². The third kappa shape index (κ3) is 2.60. The molecule has 0 N–H and O–H groups in total. The second-order valence-corrected chi connectivity index (χ2v) is 5.97. The Morgan fingerprint density at radius 3 is 2.61 bits per heavy atom. The van der Waals surface area contributed by atoms with Gasteiger partial charge in [0, 0.05) is 20.2 Å². The highest BCUT2D eigenvalue weighted by Gasteiger charge is 2.10. The zero-order valence-corrected chi connectivity index (χ0v) is 12.2. The summed E-state index contributed by atoms with van der Waals surface area (Å²) < 4.78 is 1.06. The zero-order chi connectivity index (χ0) is 13.1. The average molecular weight is 324 g/mol. The van der Waals surface area contributed by atoms with Crippen LogP contribution >= 0.6 is 27.3 Å². The quantitative estimate of drug-likeness (QED) is 0.642. The van der Waals surface area contributed by atoms with Crippen molar-refractivity contribution in [3.63, 3.8) is 0 Å². The Morgan fingerprint density at radius 1 is 1.28 bits per heavy atom. The number of halogens is 1. The van der Waals surface area contributed by atoms with Crippen molar-refractivity contribution in [3.8, 4) is 6.19 Å².